The van der Waals surface area contributed by atoms with Crippen LogP contribution in [0.4, 0.5) is 21.9 Å². The first kappa shape index (κ1) is 28.9. The molecule has 0 bridgehead atoms. The molecule has 6 heteroatoms. The van der Waals surface area contributed by atoms with Crippen LogP contribution in [0.2, 0.25) is 0 Å². The highest BCUT2D eigenvalue weighted by molar-refractivity contribution is 6.04. The molecule has 1 saturated heterocycles. The minimum atomic E-state index is -0.339. The second-order valence-corrected chi connectivity index (χ2v) is 11.2. The lowest BCUT2D eigenvalue weighted by molar-refractivity contribution is 0.0954. The lowest BCUT2D eigenvalue weighted by atomic mass is 9.89. The van der Waals surface area contributed by atoms with E-state index in [1.807, 2.05) is 62.4 Å². The van der Waals surface area contributed by atoms with Crippen LogP contribution in [0, 0.1) is 19.8 Å². The van der Waals surface area contributed by atoms with Gasteiger partial charge in [0, 0.05) is 36.7 Å². The maximum absolute atomic E-state index is 13.5. The van der Waals surface area contributed by atoms with Crippen molar-refractivity contribution in [1.82, 2.24) is 5.32 Å². The molecule has 1 aliphatic heterocycles. The molecule has 4 aromatic rings. The van der Waals surface area contributed by atoms with Crippen LogP contribution in [0.3, 0.4) is 0 Å². The van der Waals surface area contributed by atoms with Gasteiger partial charge in [0.2, 0.25) is 0 Å². The molecule has 1 fully saturated rings. The molecule has 4 aromatic carbocycles. The molecule has 1 aliphatic rings. The van der Waals surface area contributed by atoms with Gasteiger partial charge in [-0.2, -0.15) is 0 Å². The number of carbonyl (C=O) groups excluding carboxylic acids is 2. The summed E-state index contributed by atoms with van der Waals surface area (Å²) in [6, 6.07) is 31.9. The largest absolute Gasteiger partial charge is 0.371 e. The first-order chi connectivity index (χ1) is 20.5. The minimum absolute atomic E-state index is 0.133. The normalized spacial score (nSPS) is 13.4. The monoisotopic (exact) mass is 560 g/mol. The van der Waals surface area contributed by atoms with Crippen molar-refractivity contribution in [2.24, 2.45) is 5.92 Å². The summed E-state index contributed by atoms with van der Waals surface area (Å²) in [5.74, 6) is 0.493. The number of nitrogens with one attached hydrogen (secondary N) is 3. The average Bonchev–Trinajstić information content (AvgIpc) is 3.01. The van der Waals surface area contributed by atoms with Crippen LogP contribution in [0.5, 0.6) is 0 Å². The van der Waals surface area contributed by atoms with Crippen LogP contribution in [0.1, 0.15) is 45.5 Å². The van der Waals surface area contributed by atoms with E-state index in [9.17, 15) is 9.59 Å². The quantitative estimate of drug-likeness (QED) is 0.200. The van der Waals surface area contributed by atoms with Crippen LogP contribution in [0.15, 0.2) is 97.1 Å². The SMILES string of the molecule is Cc1cccc(NC(=O)Nc2ccc(N3CCC(Cc4ccccc4)CC3)c(C(=O)NCCc3ccccc3)c2)c1C. The molecule has 0 radical (unpaired) electrons. The van der Waals surface area contributed by atoms with Gasteiger partial charge in [0.15, 0.2) is 0 Å². The summed E-state index contributed by atoms with van der Waals surface area (Å²) in [7, 11) is 0. The summed E-state index contributed by atoms with van der Waals surface area (Å²) in [5, 5.41) is 8.98. The lowest BCUT2D eigenvalue weighted by Crippen LogP contribution is -2.36. The Morgan fingerprint density at radius 3 is 2.19 bits per heavy atom. The Bertz CT molecular complexity index is 1500. The maximum atomic E-state index is 13.5. The number of carbonyl (C=O) groups is 2. The third-order valence-corrected chi connectivity index (χ3v) is 8.22. The molecule has 0 spiro atoms. The summed E-state index contributed by atoms with van der Waals surface area (Å²) in [4.78, 5) is 28.8. The van der Waals surface area contributed by atoms with Gasteiger partial charge >= 0.3 is 6.03 Å². The number of benzene rings is 4. The van der Waals surface area contributed by atoms with Crippen LogP contribution < -0.4 is 20.9 Å². The van der Waals surface area contributed by atoms with Crippen LogP contribution in [0.25, 0.3) is 0 Å². The molecular formula is C36H40N4O2. The van der Waals surface area contributed by atoms with E-state index in [1.165, 1.54) is 11.1 Å². The summed E-state index contributed by atoms with van der Waals surface area (Å²) < 4.78 is 0. The van der Waals surface area contributed by atoms with Crippen molar-refractivity contribution in [3.63, 3.8) is 0 Å². The van der Waals surface area contributed by atoms with E-state index < -0.39 is 0 Å². The number of piperidine rings is 1. The topological polar surface area (TPSA) is 73.5 Å². The Labute approximate surface area is 249 Å². The van der Waals surface area contributed by atoms with Gasteiger partial charge in [-0.05, 0) is 92.0 Å². The van der Waals surface area contributed by atoms with Gasteiger partial charge < -0.3 is 20.9 Å². The zero-order chi connectivity index (χ0) is 29.3. The third kappa shape index (κ3) is 7.58. The predicted octanol–water partition coefficient (Wildman–Crippen LogP) is 7.38. The predicted molar refractivity (Wildman–Crippen MR) is 173 cm³/mol. The van der Waals surface area contributed by atoms with Crippen molar-refractivity contribution in [2.45, 2.75) is 39.5 Å². The van der Waals surface area contributed by atoms with Gasteiger partial charge in [-0.1, -0.05) is 72.8 Å². The van der Waals surface area contributed by atoms with Gasteiger partial charge in [0.25, 0.3) is 5.91 Å². The van der Waals surface area contributed by atoms with E-state index in [0.29, 0.717) is 23.7 Å². The molecule has 6 nitrogen and oxygen atoms in total. The van der Waals surface area contributed by atoms with Gasteiger partial charge in [0.1, 0.15) is 0 Å². The standard InChI is InChI=1S/C36H40N4O2/c1-26-10-9-15-33(27(26)2)39-36(42)38-31-16-17-34(32(25-31)35(41)37-21-18-28-11-5-3-6-12-28)40-22-19-30(20-23-40)24-29-13-7-4-8-14-29/h3-17,25,30H,18-24H2,1-2H3,(H,37,41)(H2,38,39,42). The molecule has 3 amide bonds. The molecule has 42 heavy (non-hydrogen) atoms. The highest BCUT2D eigenvalue weighted by Gasteiger charge is 2.24. The molecule has 0 saturated carbocycles. The summed E-state index contributed by atoms with van der Waals surface area (Å²) >= 11 is 0. The number of hydrogen-bond acceptors (Lipinski definition) is 3. The third-order valence-electron chi connectivity index (χ3n) is 8.22. The number of anilines is 3. The molecule has 0 aliphatic carbocycles. The van der Waals surface area contributed by atoms with Crippen molar-refractivity contribution >= 4 is 29.0 Å². The molecular weight excluding hydrogens is 520 g/mol. The van der Waals surface area contributed by atoms with Crippen molar-refractivity contribution in [3.05, 3.63) is 125 Å². The van der Waals surface area contributed by atoms with Crippen molar-refractivity contribution in [2.75, 3.05) is 35.2 Å². The molecule has 0 aromatic heterocycles. The van der Waals surface area contributed by atoms with Crippen LogP contribution in [-0.2, 0) is 12.8 Å². The van der Waals surface area contributed by atoms with Gasteiger partial charge in [-0.3, -0.25) is 4.79 Å². The molecule has 216 valence electrons. The fourth-order valence-corrected chi connectivity index (χ4v) is 5.63. The van der Waals surface area contributed by atoms with Crippen LogP contribution >= 0.6 is 0 Å². The van der Waals surface area contributed by atoms with Gasteiger partial charge in [0.05, 0.1) is 5.56 Å². The van der Waals surface area contributed by atoms with E-state index in [2.05, 4.69) is 63.3 Å². The fourth-order valence-electron chi connectivity index (χ4n) is 5.63. The Balaban J connectivity index is 1.29. The molecule has 0 atom stereocenters. The minimum Gasteiger partial charge on any atom is -0.371 e. The zero-order valence-corrected chi connectivity index (χ0v) is 24.5. The Morgan fingerprint density at radius 1 is 0.786 bits per heavy atom. The summed E-state index contributed by atoms with van der Waals surface area (Å²) in [6.45, 7) is 6.32. The van der Waals surface area contributed by atoms with E-state index >= 15 is 0 Å². The van der Waals surface area contributed by atoms with Gasteiger partial charge in [-0.15, -0.1) is 0 Å². The van der Waals surface area contributed by atoms with Crippen molar-refractivity contribution in [3.8, 4) is 0 Å². The van der Waals surface area contributed by atoms with Crippen LogP contribution in [-0.4, -0.2) is 31.6 Å². The van der Waals surface area contributed by atoms with E-state index in [-0.39, 0.29) is 11.9 Å². The van der Waals surface area contributed by atoms with E-state index in [1.54, 1.807) is 6.07 Å². The number of aryl methyl sites for hydroxylation is 1. The fraction of sp³-hybridized carbons (Fsp3) is 0.278. The first-order valence-electron chi connectivity index (χ1n) is 14.9. The number of rotatable bonds is 9. The number of nitrogens with zero attached hydrogens (tertiary/aromatic N) is 1. The van der Waals surface area contributed by atoms with Crippen molar-refractivity contribution < 1.29 is 9.59 Å². The molecule has 5 rings (SSSR count). The van der Waals surface area contributed by atoms with Gasteiger partial charge in [-0.25, -0.2) is 4.79 Å². The highest BCUT2D eigenvalue weighted by atomic mass is 16.2. The van der Waals surface area contributed by atoms with E-state index in [4.69, 9.17) is 0 Å². The smallest absolute Gasteiger partial charge is 0.323 e. The summed E-state index contributed by atoms with van der Waals surface area (Å²) in [5.41, 5.74) is 7.52. The highest BCUT2D eigenvalue weighted by Crippen LogP contribution is 2.30. The first-order valence-corrected chi connectivity index (χ1v) is 14.9. The maximum Gasteiger partial charge on any atom is 0.323 e. The number of amides is 3. The van der Waals surface area contributed by atoms with E-state index in [0.717, 1.165) is 61.3 Å². The Morgan fingerprint density at radius 2 is 1.48 bits per heavy atom. The molecule has 1 heterocycles. The lowest BCUT2D eigenvalue weighted by Gasteiger charge is -2.35. The Kier molecular flexibility index (Phi) is 9.55. The number of urea groups is 1. The number of hydrogen-bond donors (Lipinski definition) is 3. The molecule has 0 unspecified atom stereocenters. The second-order valence-electron chi connectivity index (χ2n) is 11.2. The zero-order valence-electron chi connectivity index (χ0n) is 24.5. The molecule has 3 N–H and O–H groups in total. The summed E-state index contributed by atoms with van der Waals surface area (Å²) in [6.07, 6.45) is 3.98. The second kappa shape index (κ2) is 13.9. The van der Waals surface area contributed by atoms with Crippen molar-refractivity contribution in [1.29, 1.82) is 0 Å². The Hall–Kier alpha value is -4.58. The average molecular weight is 561 g/mol.